The van der Waals surface area contributed by atoms with Crippen LogP contribution in [0, 0.1) is 21.7 Å². The normalized spacial score (nSPS) is 15.1. The smallest absolute Gasteiger partial charge is 0.289 e. The minimum absolute atomic E-state index is 0.111. The van der Waals surface area contributed by atoms with Crippen LogP contribution in [0.3, 0.4) is 0 Å². The average molecular weight is 514 g/mol. The number of nitro benzene ring substituents is 1. The predicted molar refractivity (Wildman–Crippen MR) is 122 cm³/mol. The van der Waals surface area contributed by atoms with Crippen molar-refractivity contribution in [2.75, 3.05) is 18.0 Å². The maximum Gasteiger partial charge on any atom is 0.289 e. The van der Waals surface area contributed by atoms with E-state index in [4.69, 9.17) is 11.6 Å². The highest BCUT2D eigenvalue weighted by Gasteiger charge is 2.33. The van der Waals surface area contributed by atoms with Gasteiger partial charge in [-0.05, 0) is 42.7 Å². The van der Waals surface area contributed by atoms with Gasteiger partial charge in [-0.15, -0.1) is 11.3 Å². The summed E-state index contributed by atoms with van der Waals surface area (Å²) in [6.45, 7) is 0.912. The van der Waals surface area contributed by atoms with E-state index in [1.807, 2.05) is 10.3 Å². The minimum atomic E-state index is -3.76. The monoisotopic (exact) mass is 513 g/mol. The number of piperidine rings is 1. The van der Waals surface area contributed by atoms with Gasteiger partial charge in [-0.1, -0.05) is 17.7 Å². The number of hydrogen-bond donors (Lipinski definition) is 0. The van der Waals surface area contributed by atoms with Gasteiger partial charge in [0.1, 0.15) is 5.02 Å². The van der Waals surface area contributed by atoms with Gasteiger partial charge in [0.25, 0.3) is 5.69 Å². The van der Waals surface area contributed by atoms with Crippen molar-refractivity contribution in [3.05, 3.63) is 79.8 Å². The van der Waals surface area contributed by atoms with E-state index in [2.05, 4.69) is 4.98 Å². The first-order chi connectivity index (χ1) is 15.6. The van der Waals surface area contributed by atoms with Gasteiger partial charge in [-0.25, -0.2) is 22.2 Å². The molecule has 1 fully saturated rings. The number of sulfone groups is 1. The van der Waals surface area contributed by atoms with Crippen LogP contribution in [-0.4, -0.2) is 36.7 Å². The van der Waals surface area contributed by atoms with Gasteiger partial charge in [-0.3, -0.25) is 10.1 Å². The summed E-state index contributed by atoms with van der Waals surface area (Å²) in [6.07, 6.45) is 1.04. The third-order valence-electron chi connectivity index (χ3n) is 5.50. The second-order valence-corrected chi connectivity index (χ2v) is 11.1. The molecule has 0 unspecified atom stereocenters. The summed E-state index contributed by atoms with van der Waals surface area (Å²) in [4.78, 5) is 16.8. The fourth-order valence-corrected chi connectivity index (χ4v) is 6.56. The van der Waals surface area contributed by atoms with Crippen molar-refractivity contribution < 1.29 is 22.1 Å². The summed E-state index contributed by atoms with van der Waals surface area (Å²) in [7, 11) is -3.76. The van der Waals surface area contributed by atoms with Crippen LogP contribution in [0.15, 0.2) is 46.7 Å². The van der Waals surface area contributed by atoms with E-state index in [-0.39, 0.29) is 9.92 Å². The minimum Gasteiger partial charge on any atom is -0.348 e. The Balaban J connectivity index is 1.42. The maximum absolute atomic E-state index is 13.4. The molecule has 174 valence electrons. The largest absolute Gasteiger partial charge is 0.348 e. The highest BCUT2D eigenvalue weighted by atomic mass is 35.5. The first-order valence-corrected chi connectivity index (χ1v) is 12.8. The highest BCUT2D eigenvalue weighted by molar-refractivity contribution is 7.92. The Bertz CT molecular complexity index is 1310. The molecule has 0 atom stereocenters. The number of nitro groups is 1. The van der Waals surface area contributed by atoms with E-state index in [0.29, 0.717) is 43.6 Å². The van der Waals surface area contributed by atoms with Gasteiger partial charge in [0.15, 0.2) is 26.6 Å². The number of nitrogens with zero attached hydrogens (tertiary/aromatic N) is 3. The molecule has 0 aliphatic carbocycles. The Kier molecular flexibility index (Phi) is 6.64. The standard InChI is InChI=1S/C21H18ClF2N3O4S2/c22-17-3-2-16(11-20(17)27(28)29)33(30,31)15-5-7-26(8-6-15)21-25-14(12-32-21)9-13-1-4-18(23)19(24)10-13/h1-4,10-12,15H,5-9H2. The lowest BCUT2D eigenvalue weighted by molar-refractivity contribution is -0.384. The average Bonchev–Trinajstić information content (AvgIpc) is 3.25. The van der Waals surface area contributed by atoms with Crippen LogP contribution in [0.5, 0.6) is 0 Å². The summed E-state index contributed by atoms with van der Waals surface area (Å²) in [5, 5.41) is 12.9. The molecule has 0 radical (unpaired) electrons. The molecule has 12 heteroatoms. The second-order valence-electron chi connectivity index (χ2n) is 7.65. The first-order valence-electron chi connectivity index (χ1n) is 9.96. The molecule has 2 heterocycles. The Labute approximate surface area is 197 Å². The molecule has 2 aromatic carbocycles. The first kappa shape index (κ1) is 23.5. The van der Waals surface area contributed by atoms with E-state index in [1.165, 1.54) is 29.5 Å². The van der Waals surface area contributed by atoms with E-state index in [1.54, 1.807) is 0 Å². The van der Waals surface area contributed by atoms with E-state index in [9.17, 15) is 27.3 Å². The van der Waals surface area contributed by atoms with E-state index < -0.39 is 37.3 Å². The Hall–Kier alpha value is -2.63. The zero-order valence-electron chi connectivity index (χ0n) is 17.1. The number of anilines is 1. The summed E-state index contributed by atoms with van der Waals surface area (Å²) >= 11 is 7.20. The molecule has 3 aromatic rings. The zero-order valence-corrected chi connectivity index (χ0v) is 19.5. The van der Waals surface area contributed by atoms with E-state index >= 15 is 0 Å². The van der Waals surface area contributed by atoms with Crippen molar-refractivity contribution in [2.24, 2.45) is 0 Å². The summed E-state index contributed by atoms with van der Waals surface area (Å²) in [5.41, 5.74) is 0.878. The second kappa shape index (κ2) is 9.32. The van der Waals surface area contributed by atoms with Crippen LogP contribution in [0.4, 0.5) is 19.6 Å². The topological polar surface area (TPSA) is 93.4 Å². The van der Waals surface area contributed by atoms with Gasteiger partial charge >= 0.3 is 0 Å². The predicted octanol–water partition coefficient (Wildman–Crippen LogP) is 5.02. The van der Waals surface area contributed by atoms with Gasteiger partial charge < -0.3 is 4.90 Å². The number of hydrogen-bond acceptors (Lipinski definition) is 7. The van der Waals surface area contributed by atoms with Crippen molar-refractivity contribution in [3.8, 4) is 0 Å². The molecule has 0 spiro atoms. The molecule has 1 aliphatic rings. The van der Waals surface area contributed by atoms with Crippen LogP contribution in [0.2, 0.25) is 5.02 Å². The molecule has 1 aromatic heterocycles. The van der Waals surface area contributed by atoms with Crippen molar-refractivity contribution >= 4 is 43.6 Å². The summed E-state index contributed by atoms with van der Waals surface area (Å²) in [5.74, 6) is -1.80. The molecular weight excluding hydrogens is 496 g/mol. The van der Waals surface area contributed by atoms with E-state index in [0.717, 1.165) is 23.3 Å². The molecule has 1 aliphatic heterocycles. The van der Waals surface area contributed by atoms with Crippen LogP contribution >= 0.6 is 22.9 Å². The van der Waals surface area contributed by atoms with Crippen molar-refractivity contribution in [1.82, 2.24) is 4.98 Å². The van der Waals surface area contributed by atoms with Crippen molar-refractivity contribution in [3.63, 3.8) is 0 Å². The number of thiazole rings is 1. The fraction of sp³-hybridized carbons (Fsp3) is 0.286. The highest BCUT2D eigenvalue weighted by Crippen LogP contribution is 2.33. The number of rotatable bonds is 6. The Morgan fingerprint density at radius 2 is 1.88 bits per heavy atom. The molecule has 0 N–H and O–H groups in total. The summed E-state index contributed by atoms with van der Waals surface area (Å²) in [6, 6.07) is 7.27. The lowest BCUT2D eigenvalue weighted by Gasteiger charge is -2.31. The van der Waals surface area contributed by atoms with Gasteiger partial charge in [-0.2, -0.15) is 0 Å². The van der Waals surface area contributed by atoms with Crippen LogP contribution in [-0.2, 0) is 16.3 Å². The third-order valence-corrected chi connectivity index (χ3v) is 9.03. The molecule has 7 nitrogen and oxygen atoms in total. The van der Waals surface area contributed by atoms with Gasteiger partial charge in [0.05, 0.1) is 20.8 Å². The van der Waals surface area contributed by atoms with Crippen LogP contribution in [0.25, 0.3) is 0 Å². The molecule has 0 amide bonds. The molecule has 4 rings (SSSR count). The summed E-state index contributed by atoms with van der Waals surface area (Å²) < 4.78 is 52.6. The lowest BCUT2D eigenvalue weighted by atomic mass is 10.1. The van der Waals surface area contributed by atoms with Crippen LogP contribution in [0.1, 0.15) is 24.1 Å². The molecule has 1 saturated heterocycles. The molecule has 0 saturated carbocycles. The van der Waals surface area contributed by atoms with Gasteiger partial charge in [0, 0.05) is 31.0 Å². The number of halogens is 3. The third kappa shape index (κ3) is 4.99. The van der Waals surface area contributed by atoms with Gasteiger partial charge in [0.2, 0.25) is 0 Å². The SMILES string of the molecule is O=[N+]([O-])c1cc(S(=O)(=O)C2CCN(c3nc(Cc4ccc(F)c(F)c4)cs3)CC2)ccc1Cl. The maximum atomic E-state index is 13.4. The lowest BCUT2D eigenvalue weighted by Crippen LogP contribution is -2.39. The molecule has 0 bridgehead atoms. The number of aromatic nitrogens is 1. The molecule has 33 heavy (non-hydrogen) atoms. The Morgan fingerprint density at radius 1 is 1.15 bits per heavy atom. The Morgan fingerprint density at radius 3 is 2.55 bits per heavy atom. The van der Waals surface area contributed by atoms with Crippen molar-refractivity contribution in [1.29, 1.82) is 0 Å². The zero-order chi connectivity index (χ0) is 23.8. The fourth-order valence-electron chi connectivity index (χ4n) is 3.74. The molecular formula is C21H18ClF2N3O4S2. The van der Waals surface area contributed by atoms with Crippen molar-refractivity contribution in [2.45, 2.75) is 29.4 Å². The quantitative estimate of drug-likeness (QED) is 0.339. The van der Waals surface area contributed by atoms with Crippen LogP contribution < -0.4 is 4.90 Å². The number of benzene rings is 2.